The summed E-state index contributed by atoms with van der Waals surface area (Å²) in [6.07, 6.45) is 3.81. The van der Waals surface area contributed by atoms with E-state index in [0.29, 0.717) is 11.5 Å². The van der Waals surface area contributed by atoms with E-state index in [-0.39, 0.29) is 5.12 Å². The zero-order chi connectivity index (χ0) is 11.3. The highest BCUT2D eigenvalue weighted by atomic mass is 32.2. The van der Waals surface area contributed by atoms with Crippen molar-refractivity contribution in [2.75, 3.05) is 5.75 Å². The molecule has 0 aromatic heterocycles. The predicted octanol–water partition coefficient (Wildman–Crippen LogP) is 2.99. The molecule has 0 unspecified atom stereocenters. The lowest BCUT2D eigenvalue weighted by Gasteiger charge is -1.99. The highest BCUT2D eigenvalue weighted by molar-refractivity contribution is 8.13. The molecule has 0 atom stereocenters. The molecule has 0 saturated heterocycles. The number of rotatable bonds is 3. The Morgan fingerprint density at radius 1 is 1.53 bits per heavy atom. The molecule has 2 nitrogen and oxygen atoms in total. The summed E-state index contributed by atoms with van der Waals surface area (Å²) < 4.78 is 0. The quantitative estimate of drug-likeness (QED) is 0.854. The van der Waals surface area contributed by atoms with Gasteiger partial charge in [-0.1, -0.05) is 36.0 Å². The average Bonchev–Trinajstić information content (AvgIpc) is 2.18. The van der Waals surface area contributed by atoms with E-state index in [4.69, 9.17) is 0 Å². The molecule has 1 rings (SSSR count). The molecule has 3 heteroatoms. The van der Waals surface area contributed by atoms with Crippen molar-refractivity contribution >= 4 is 23.0 Å². The van der Waals surface area contributed by atoms with E-state index in [1.165, 1.54) is 11.8 Å². The summed E-state index contributed by atoms with van der Waals surface area (Å²) in [4.78, 5) is 10.6. The van der Waals surface area contributed by atoms with Crippen LogP contribution in [0.3, 0.4) is 0 Å². The Bertz CT molecular complexity index is 383. The summed E-state index contributed by atoms with van der Waals surface area (Å²) in [5.41, 5.74) is 1.81. The Labute approximate surface area is 94.0 Å². The van der Waals surface area contributed by atoms with Crippen LogP contribution in [0.15, 0.2) is 24.3 Å². The number of carbonyl (C=O) groups is 1. The first-order valence-corrected chi connectivity index (χ1v) is 5.67. The van der Waals surface area contributed by atoms with Gasteiger partial charge < -0.3 is 5.11 Å². The van der Waals surface area contributed by atoms with Gasteiger partial charge >= 0.3 is 0 Å². The van der Waals surface area contributed by atoms with Crippen LogP contribution in [0, 0.1) is 6.92 Å². The van der Waals surface area contributed by atoms with Crippen LogP contribution in [0.1, 0.15) is 18.1 Å². The molecule has 0 radical (unpaired) electrons. The van der Waals surface area contributed by atoms with Gasteiger partial charge in [0.25, 0.3) is 0 Å². The van der Waals surface area contributed by atoms with Gasteiger partial charge in [-0.25, -0.2) is 0 Å². The number of hydrogen-bond acceptors (Lipinski definition) is 3. The fourth-order valence-corrected chi connectivity index (χ4v) is 1.51. The Morgan fingerprint density at radius 2 is 2.27 bits per heavy atom. The summed E-state index contributed by atoms with van der Waals surface area (Å²) in [6.45, 7) is 3.41. The summed E-state index contributed by atoms with van der Waals surface area (Å²) in [6, 6.07) is 5.52. The van der Waals surface area contributed by atoms with E-state index < -0.39 is 0 Å². The second-order valence-corrected chi connectivity index (χ2v) is 4.45. The van der Waals surface area contributed by atoms with Crippen LogP contribution in [-0.4, -0.2) is 16.0 Å². The molecule has 80 valence electrons. The van der Waals surface area contributed by atoms with Crippen LogP contribution < -0.4 is 0 Å². The number of thioether (sulfide) groups is 1. The highest BCUT2D eigenvalue weighted by Gasteiger charge is 1.95. The molecule has 0 aliphatic heterocycles. The van der Waals surface area contributed by atoms with Crippen LogP contribution in [0.2, 0.25) is 0 Å². The van der Waals surface area contributed by atoms with Crippen molar-refractivity contribution in [1.29, 1.82) is 0 Å². The first kappa shape index (κ1) is 11.9. The summed E-state index contributed by atoms with van der Waals surface area (Å²) >= 11 is 1.27. The van der Waals surface area contributed by atoms with E-state index in [9.17, 15) is 9.90 Å². The standard InChI is InChI=1S/C12H14O2S/c1-9-5-6-11(8-12(9)14)4-3-7-15-10(2)13/h3-6,8,14H,7H2,1-2H3. The van der Waals surface area contributed by atoms with Crippen LogP contribution in [0.5, 0.6) is 5.75 Å². The van der Waals surface area contributed by atoms with E-state index in [2.05, 4.69) is 0 Å². The van der Waals surface area contributed by atoms with Crippen LogP contribution >= 0.6 is 11.8 Å². The number of benzene rings is 1. The number of phenolic OH excluding ortho intramolecular Hbond substituents is 1. The van der Waals surface area contributed by atoms with E-state index in [0.717, 1.165) is 11.1 Å². The van der Waals surface area contributed by atoms with Gasteiger partial charge in [-0.2, -0.15) is 0 Å². The maximum absolute atomic E-state index is 10.6. The maximum atomic E-state index is 10.6. The number of hydrogen-bond donors (Lipinski definition) is 1. The number of carbonyl (C=O) groups excluding carboxylic acids is 1. The van der Waals surface area contributed by atoms with Crippen molar-refractivity contribution in [3.63, 3.8) is 0 Å². The average molecular weight is 222 g/mol. The number of aryl methyl sites for hydroxylation is 1. The molecule has 0 aliphatic rings. The van der Waals surface area contributed by atoms with Gasteiger partial charge in [0.1, 0.15) is 5.75 Å². The fraction of sp³-hybridized carbons (Fsp3) is 0.250. The summed E-state index contributed by atoms with van der Waals surface area (Å²) in [5, 5.41) is 9.57. The molecule has 0 amide bonds. The molecule has 15 heavy (non-hydrogen) atoms. The number of aromatic hydroxyl groups is 1. The third-order valence-corrected chi connectivity index (χ3v) is 2.69. The minimum atomic E-state index is 0.117. The Morgan fingerprint density at radius 3 is 2.87 bits per heavy atom. The van der Waals surface area contributed by atoms with Crippen molar-refractivity contribution in [3.8, 4) is 5.75 Å². The normalized spacial score (nSPS) is 10.8. The van der Waals surface area contributed by atoms with E-state index in [1.807, 2.05) is 31.2 Å². The molecular formula is C12H14O2S. The Hall–Kier alpha value is -1.22. The van der Waals surface area contributed by atoms with Crippen LogP contribution in [0.4, 0.5) is 0 Å². The topological polar surface area (TPSA) is 37.3 Å². The second kappa shape index (κ2) is 5.61. The molecule has 0 bridgehead atoms. The third kappa shape index (κ3) is 4.21. The van der Waals surface area contributed by atoms with Gasteiger partial charge in [-0.3, -0.25) is 4.79 Å². The largest absolute Gasteiger partial charge is 0.508 e. The molecule has 0 fully saturated rings. The van der Waals surface area contributed by atoms with Gasteiger partial charge in [-0.05, 0) is 24.1 Å². The monoisotopic (exact) mass is 222 g/mol. The van der Waals surface area contributed by atoms with E-state index in [1.54, 1.807) is 13.0 Å². The van der Waals surface area contributed by atoms with Gasteiger partial charge in [0.05, 0.1) is 0 Å². The van der Waals surface area contributed by atoms with Gasteiger partial charge in [0, 0.05) is 12.7 Å². The van der Waals surface area contributed by atoms with Crippen molar-refractivity contribution < 1.29 is 9.90 Å². The van der Waals surface area contributed by atoms with Gasteiger partial charge in [-0.15, -0.1) is 0 Å². The van der Waals surface area contributed by atoms with Crippen LogP contribution in [-0.2, 0) is 4.79 Å². The molecule has 1 aromatic rings. The highest BCUT2D eigenvalue weighted by Crippen LogP contribution is 2.18. The van der Waals surface area contributed by atoms with Crippen LogP contribution in [0.25, 0.3) is 6.08 Å². The molecule has 1 aromatic carbocycles. The molecule has 0 spiro atoms. The van der Waals surface area contributed by atoms with Gasteiger partial charge in [0.15, 0.2) is 5.12 Å². The minimum Gasteiger partial charge on any atom is -0.508 e. The summed E-state index contributed by atoms with van der Waals surface area (Å²) in [5.74, 6) is 0.973. The minimum absolute atomic E-state index is 0.117. The molecule has 1 N–H and O–H groups in total. The second-order valence-electron chi connectivity index (χ2n) is 3.25. The first-order chi connectivity index (χ1) is 7.09. The third-order valence-electron chi connectivity index (χ3n) is 1.93. The van der Waals surface area contributed by atoms with Crippen molar-refractivity contribution in [2.45, 2.75) is 13.8 Å². The lowest BCUT2D eigenvalue weighted by atomic mass is 10.1. The van der Waals surface area contributed by atoms with Crippen molar-refractivity contribution in [2.24, 2.45) is 0 Å². The van der Waals surface area contributed by atoms with E-state index >= 15 is 0 Å². The Kier molecular flexibility index (Phi) is 4.43. The molecular weight excluding hydrogens is 208 g/mol. The smallest absolute Gasteiger partial charge is 0.186 e. The molecule has 0 saturated carbocycles. The SMILES string of the molecule is CC(=O)SCC=Cc1ccc(C)c(O)c1. The number of phenols is 1. The Balaban J connectivity index is 2.57. The molecule has 0 aliphatic carbocycles. The lowest BCUT2D eigenvalue weighted by Crippen LogP contribution is -1.82. The van der Waals surface area contributed by atoms with Crippen molar-refractivity contribution in [3.05, 3.63) is 35.4 Å². The van der Waals surface area contributed by atoms with Gasteiger partial charge in [0.2, 0.25) is 0 Å². The zero-order valence-electron chi connectivity index (χ0n) is 8.86. The summed E-state index contributed by atoms with van der Waals surface area (Å²) in [7, 11) is 0. The first-order valence-electron chi connectivity index (χ1n) is 4.69. The van der Waals surface area contributed by atoms with Crippen molar-refractivity contribution in [1.82, 2.24) is 0 Å². The predicted molar refractivity (Wildman–Crippen MR) is 65.0 cm³/mol. The lowest BCUT2D eigenvalue weighted by molar-refractivity contribution is -0.109. The maximum Gasteiger partial charge on any atom is 0.186 e. The zero-order valence-corrected chi connectivity index (χ0v) is 9.67. The fourth-order valence-electron chi connectivity index (χ4n) is 1.08. The molecule has 0 heterocycles.